The van der Waals surface area contributed by atoms with Gasteiger partial charge >= 0.3 is 5.97 Å². The van der Waals surface area contributed by atoms with Gasteiger partial charge in [-0.3, -0.25) is 4.40 Å². The van der Waals surface area contributed by atoms with Crippen LogP contribution in [0.15, 0.2) is 54.6 Å². The largest absolute Gasteiger partial charge is 0.462 e. The highest BCUT2D eigenvalue weighted by Crippen LogP contribution is 2.43. The molecule has 2 aromatic heterocycles. The van der Waals surface area contributed by atoms with Crippen molar-refractivity contribution < 1.29 is 9.53 Å². The fourth-order valence-electron chi connectivity index (χ4n) is 4.74. The van der Waals surface area contributed by atoms with Gasteiger partial charge < -0.3 is 14.5 Å². The number of benzene rings is 2. The Morgan fingerprint density at radius 1 is 1.15 bits per heavy atom. The summed E-state index contributed by atoms with van der Waals surface area (Å²) in [7, 11) is 4.23. The predicted molar refractivity (Wildman–Crippen MR) is 133 cm³/mol. The number of imidazole rings is 1. The van der Waals surface area contributed by atoms with Crippen LogP contribution in [0, 0.1) is 0 Å². The molecule has 0 unspecified atom stereocenters. The summed E-state index contributed by atoms with van der Waals surface area (Å²) in [4.78, 5) is 22.6. The van der Waals surface area contributed by atoms with Crippen molar-refractivity contribution in [2.24, 2.45) is 0 Å². The Kier molecular flexibility index (Phi) is 5.72. The first kappa shape index (κ1) is 21.7. The van der Waals surface area contributed by atoms with Crippen molar-refractivity contribution in [2.45, 2.75) is 19.4 Å². The van der Waals surface area contributed by atoms with E-state index in [1.807, 2.05) is 54.6 Å². The van der Waals surface area contributed by atoms with Crippen LogP contribution in [-0.4, -0.2) is 60.1 Å². The van der Waals surface area contributed by atoms with Crippen LogP contribution in [0.1, 0.15) is 23.7 Å². The summed E-state index contributed by atoms with van der Waals surface area (Å²) >= 11 is 7.07. The number of carbonyl (C=O) groups excluding carboxylic acids is 1. The summed E-state index contributed by atoms with van der Waals surface area (Å²) in [5, 5.41) is 0.380. The number of hydrogen-bond donors (Lipinski definition) is 0. The van der Waals surface area contributed by atoms with Crippen molar-refractivity contribution in [1.82, 2.24) is 14.3 Å². The van der Waals surface area contributed by atoms with Crippen LogP contribution in [0.2, 0.25) is 5.02 Å². The minimum atomic E-state index is -0.459. The normalized spacial score (nSPS) is 16.3. The maximum absolute atomic E-state index is 13.1. The molecule has 1 fully saturated rings. The van der Waals surface area contributed by atoms with Crippen LogP contribution in [0.25, 0.3) is 27.8 Å². The van der Waals surface area contributed by atoms with Gasteiger partial charge in [-0.15, -0.1) is 0 Å². The van der Waals surface area contributed by atoms with Crippen LogP contribution in [0.5, 0.6) is 0 Å². The van der Waals surface area contributed by atoms with Crippen LogP contribution >= 0.6 is 11.6 Å². The van der Waals surface area contributed by atoms with Crippen LogP contribution in [0.3, 0.4) is 0 Å². The number of esters is 1. The van der Waals surface area contributed by atoms with E-state index >= 15 is 0 Å². The number of likely N-dealkylation sites (N-methyl/N-ethyl adjacent to an activating group) is 1. The summed E-state index contributed by atoms with van der Waals surface area (Å²) in [5.41, 5.74) is 4.37. The second-order valence-corrected chi connectivity index (χ2v) is 8.96. The lowest BCUT2D eigenvalue weighted by molar-refractivity contribution is 0.0528. The molecular formula is C26H27ClN4O2. The van der Waals surface area contributed by atoms with Crippen molar-refractivity contribution in [3.8, 4) is 11.1 Å². The number of aromatic nitrogens is 2. The molecule has 2 aromatic carbocycles. The third kappa shape index (κ3) is 3.63. The highest BCUT2D eigenvalue weighted by Gasteiger charge is 2.33. The van der Waals surface area contributed by atoms with Gasteiger partial charge in [0.05, 0.1) is 22.7 Å². The molecule has 0 bridgehead atoms. The molecule has 1 saturated heterocycles. The number of anilines is 1. The molecule has 33 heavy (non-hydrogen) atoms. The molecule has 1 aliphatic heterocycles. The molecule has 1 aliphatic rings. The number of para-hydroxylation sites is 2. The Balaban J connectivity index is 1.90. The molecule has 0 amide bonds. The molecule has 1 atom stereocenters. The molecule has 0 N–H and O–H groups in total. The van der Waals surface area contributed by atoms with Crippen molar-refractivity contribution >= 4 is 40.1 Å². The van der Waals surface area contributed by atoms with Crippen molar-refractivity contribution in [1.29, 1.82) is 0 Å². The van der Waals surface area contributed by atoms with E-state index in [0.717, 1.165) is 47.5 Å². The molecule has 0 radical (unpaired) electrons. The average Bonchev–Trinajstić information content (AvgIpc) is 3.44. The first-order chi connectivity index (χ1) is 16.0. The summed E-state index contributed by atoms with van der Waals surface area (Å²) in [6, 6.07) is 18.4. The van der Waals surface area contributed by atoms with Gasteiger partial charge in [0.25, 0.3) is 0 Å². The zero-order valence-electron chi connectivity index (χ0n) is 19.1. The van der Waals surface area contributed by atoms with Gasteiger partial charge in [0.1, 0.15) is 11.4 Å². The second-order valence-electron chi connectivity index (χ2n) is 8.59. The van der Waals surface area contributed by atoms with E-state index in [1.165, 1.54) is 0 Å². The summed E-state index contributed by atoms with van der Waals surface area (Å²) in [5.74, 6) is 0.506. The lowest BCUT2D eigenvalue weighted by Gasteiger charge is -2.27. The third-order valence-electron chi connectivity index (χ3n) is 6.39. The SMILES string of the molecule is CCOC(=O)c1c(Cl)c(-c2ccccc2)c(N2CC[C@H](N(C)C)C2)n2c1nc1ccccc12. The van der Waals surface area contributed by atoms with Crippen LogP contribution < -0.4 is 4.90 Å². The highest BCUT2D eigenvalue weighted by atomic mass is 35.5. The minimum Gasteiger partial charge on any atom is -0.462 e. The molecule has 0 saturated carbocycles. The van der Waals surface area contributed by atoms with E-state index in [2.05, 4.69) is 28.3 Å². The zero-order valence-corrected chi connectivity index (χ0v) is 19.8. The van der Waals surface area contributed by atoms with E-state index in [-0.39, 0.29) is 6.61 Å². The standard InChI is InChI=1S/C26H27ClN4O2/c1-4-33-26(32)22-23(27)21(17-10-6-5-7-11-17)25(30-15-14-18(16-30)29(2)3)31-20-13-9-8-12-19(20)28-24(22)31/h5-13,18H,4,14-16H2,1-3H3/t18-/m0/s1. The number of ether oxygens (including phenoxy) is 1. The van der Waals surface area contributed by atoms with Gasteiger partial charge in [-0.1, -0.05) is 54.1 Å². The predicted octanol–water partition coefficient (Wildman–Crippen LogP) is 5.12. The molecule has 3 heterocycles. The fraction of sp³-hybridized carbons (Fsp3) is 0.308. The average molecular weight is 463 g/mol. The monoisotopic (exact) mass is 462 g/mol. The maximum Gasteiger partial charge on any atom is 0.343 e. The quantitative estimate of drug-likeness (QED) is 0.385. The topological polar surface area (TPSA) is 50.1 Å². The van der Waals surface area contributed by atoms with Crippen molar-refractivity contribution in [3.05, 3.63) is 65.2 Å². The Labute approximate surface area is 198 Å². The van der Waals surface area contributed by atoms with Crippen LogP contribution in [0.4, 0.5) is 5.82 Å². The molecular weight excluding hydrogens is 436 g/mol. The molecule has 7 heteroatoms. The summed E-state index contributed by atoms with van der Waals surface area (Å²) < 4.78 is 7.51. The first-order valence-corrected chi connectivity index (χ1v) is 11.7. The number of rotatable bonds is 5. The fourth-order valence-corrected chi connectivity index (χ4v) is 5.10. The number of fused-ring (bicyclic) bond motifs is 3. The number of halogens is 1. The molecule has 4 aromatic rings. The van der Waals surface area contributed by atoms with Gasteiger partial charge in [0, 0.05) is 24.7 Å². The first-order valence-electron chi connectivity index (χ1n) is 11.3. The second kappa shape index (κ2) is 8.69. The highest BCUT2D eigenvalue weighted by molar-refractivity contribution is 6.38. The van der Waals surface area contributed by atoms with E-state index in [9.17, 15) is 4.79 Å². The number of hydrogen-bond acceptors (Lipinski definition) is 5. The van der Waals surface area contributed by atoms with Gasteiger partial charge in [-0.25, -0.2) is 9.78 Å². The van der Waals surface area contributed by atoms with Gasteiger partial charge in [-0.05, 0) is 45.1 Å². The number of carbonyl (C=O) groups is 1. The molecule has 0 spiro atoms. The van der Waals surface area contributed by atoms with Crippen LogP contribution in [-0.2, 0) is 4.74 Å². The third-order valence-corrected chi connectivity index (χ3v) is 6.77. The van der Waals surface area contributed by atoms with E-state index in [0.29, 0.717) is 22.3 Å². The van der Waals surface area contributed by atoms with Gasteiger partial charge in [0.15, 0.2) is 5.65 Å². The van der Waals surface area contributed by atoms with E-state index < -0.39 is 5.97 Å². The van der Waals surface area contributed by atoms with Gasteiger partial charge in [0.2, 0.25) is 0 Å². The van der Waals surface area contributed by atoms with E-state index in [1.54, 1.807) is 6.92 Å². The Morgan fingerprint density at radius 3 is 2.58 bits per heavy atom. The number of pyridine rings is 1. The Bertz CT molecular complexity index is 1330. The summed E-state index contributed by atoms with van der Waals surface area (Å²) in [6.07, 6.45) is 1.05. The smallest absolute Gasteiger partial charge is 0.343 e. The molecule has 6 nitrogen and oxygen atoms in total. The minimum absolute atomic E-state index is 0.264. The molecule has 170 valence electrons. The zero-order chi connectivity index (χ0) is 23.1. The van der Waals surface area contributed by atoms with E-state index in [4.69, 9.17) is 21.3 Å². The lowest BCUT2D eigenvalue weighted by atomic mass is 10.0. The molecule has 0 aliphatic carbocycles. The van der Waals surface area contributed by atoms with Crippen molar-refractivity contribution in [3.63, 3.8) is 0 Å². The van der Waals surface area contributed by atoms with Crippen molar-refractivity contribution in [2.75, 3.05) is 38.7 Å². The summed E-state index contributed by atoms with van der Waals surface area (Å²) in [6.45, 7) is 3.81. The Hall–Kier alpha value is -3.09. The molecule has 5 rings (SSSR count). The maximum atomic E-state index is 13.1. The van der Waals surface area contributed by atoms with Gasteiger partial charge in [-0.2, -0.15) is 0 Å². The number of nitrogens with zero attached hydrogens (tertiary/aromatic N) is 4. The Morgan fingerprint density at radius 2 is 1.88 bits per heavy atom. The lowest BCUT2D eigenvalue weighted by Crippen LogP contribution is -2.32.